The van der Waals surface area contributed by atoms with E-state index in [1.165, 1.54) is 12.1 Å². The van der Waals surface area contributed by atoms with Crippen molar-refractivity contribution in [3.05, 3.63) is 41.7 Å². The zero-order valence-corrected chi connectivity index (χ0v) is 10.2. The van der Waals surface area contributed by atoms with Crippen LogP contribution in [0.15, 0.2) is 30.3 Å². The average Bonchev–Trinajstić information content (AvgIpc) is 2.27. The van der Waals surface area contributed by atoms with Crippen molar-refractivity contribution in [3.8, 4) is 5.75 Å². The fourth-order valence-corrected chi connectivity index (χ4v) is 2.05. The van der Waals surface area contributed by atoms with E-state index >= 15 is 0 Å². The van der Waals surface area contributed by atoms with Gasteiger partial charge in [0.05, 0.1) is 0 Å². The van der Waals surface area contributed by atoms with Crippen molar-refractivity contribution in [3.63, 3.8) is 0 Å². The molecule has 2 rings (SSSR count). The van der Waals surface area contributed by atoms with E-state index in [0.717, 1.165) is 29.2 Å². The third-order valence-electron chi connectivity index (χ3n) is 3.04. The highest BCUT2D eigenvalue weighted by Crippen LogP contribution is 2.29. The van der Waals surface area contributed by atoms with Crippen LogP contribution in [0.5, 0.6) is 5.75 Å². The Morgan fingerprint density at radius 3 is 2.65 bits per heavy atom. The molecule has 0 heterocycles. The van der Waals surface area contributed by atoms with Crippen LogP contribution in [0.25, 0.3) is 10.8 Å². The molecular formula is C15H17FO. The lowest BCUT2D eigenvalue weighted by atomic mass is 9.96. The van der Waals surface area contributed by atoms with Crippen LogP contribution < -0.4 is 0 Å². The van der Waals surface area contributed by atoms with Gasteiger partial charge >= 0.3 is 0 Å². The molecule has 0 aromatic heterocycles. The number of hydrogen-bond acceptors (Lipinski definition) is 1. The van der Waals surface area contributed by atoms with Gasteiger partial charge in [-0.2, -0.15) is 0 Å². The van der Waals surface area contributed by atoms with E-state index in [2.05, 4.69) is 13.8 Å². The number of phenolic OH excluding ortho intramolecular Hbond substituents is 1. The number of aromatic hydroxyl groups is 1. The average molecular weight is 232 g/mol. The Kier molecular flexibility index (Phi) is 3.32. The first-order valence-corrected chi connectivity index (χ1v) is 5.98. The van der Waals surface area contributed by atoms with Gasteiger partial charge in [-0.3, -0.25) is 0 Å². The molecule has 1 N–H and O–H groups in total. The van der Waals surface area contributed by atoms with Crippen LogP contribution in [0.3, 0.4) is 0 Å². The standard InChI is InChI=1S/C15H17FO/c1-10(2)3-6-14-13-7-5-12(16)9-11(13)4-8-15(14)17/h4-5,7-10,17H,3,6H2,1-2H3. The first-order chi connectivity index (χ1) is 8.08. The number of fused-ring (bicyclic) bond motifs is 1. The van der Waals surface area contributed by atoms with Gasteiger partial charge in [0.15, 0.2) is 0 Å². The minimum Gasteiger partial charge on any atom is -0.508 e. The Morgan fingerprint density at radius 2 is 1.94 bits per heavy atom. The predicted octanol–water partition coefficient (Wildman–Crippen LogP) is 4.27. The van der Waals surface area contributed by atoms with Crippen molar-refractivity contribution in [1.29, 1.82) is 0 Å². The van der Waals surface area contributed by atoms with Gasteiger partial charge in [-0.1, -0.05) is 26.0 Å². The lowest BCUT2D eigenvalue weighted by molar-refractivity contribution is 0.465. The van der Waals surface area contributed by atoms with Crippen LogP contribution in [0.4, 0.5) is 4.39 Å². The molecule has 0 fully saturated rings. The summed E-state index contributed by atoms with van der Waals surface area (Å²) in [6.07, 6.45) is 1.84. The quantitative estimate of drug-likeness (QED) is 0.837. The van der Waals surface area contributed by atoms with Gasteiger partial charge in [0.2, 0.25) is 0 Å². The summed E-state index contributed by atoms with van der Waals surface area (Å²) >= 11 is 0. The van der Waals surface area contributed by atoms with Gasteiger partial charge in [0, 0.05) is 5.56 Å². The fourth-order valence-electron chi connectivity index (χ4n) is 2.05. The van der Waals surface area contributed by atoms with Crippen molar-refractivity contribution in [2.75, 3.05) is 0 Å². The summed E-state index contributed by atoms with van der Waals surface area (Å²) in [4.78, 5) is 0. The zero-order chi connectivity index (χ0) is 12.4. The van der Waals surface area contributed by atoms with Crippen LogP contribution >= 0.6 is 0 Å². The molecule has 2 aromatic rings. The summed E-state index contributed by atoms with van der Waals surface area (Å²) in [5, 5.41) is 11.7. The van der Waals surface area contributed by atoms with E-state index < -0.39 is 0 Å². The van der Waals surface area contributed by atoms with Crippen molar-refractivity contribution < 1.29 is 9.50 Å². The van der Waals surface area contributed by atoms with Crippen LogP contribution in [-0.2, 0) is 6.42 Å². The van der Waals surface area contributed by atoms with Gasteiger partial charge in [-0.25, -0.2) is 4.39 Å². The first-order valence-electron chi connectivity index (χ1n) is 5.98. The van der Waals surface area contributed by atoms with Gasteiger partial charge in [0.1, 0.15) is 11.6 Å². The van der Waals surface area contributed by atoms with Crippen LogP contribution in [0, 0.1) is 11.7 Å². The number of hydrogen-bond donors (Lipinski definition) is 1. The molecule has 0 atom stereocenters. The van der Waals surface area contributed by atoms with E-state index in [9.17, 15) is 9.50 Å². The van der Waals surface area contributed by atoms with Gasteiger partial charge in [0.25, 0.3) is 0 Å². The zero-order valence-electron chi connectivity index (χ0n) is 10.2. The Labute approximate surface area is 101 Å². The number of rotatable bonds is 3. The van der Waals surface area contributed by atoms with Crippen LogP contribution in [0.1, 0.15) is 25.8 Å². The van der Waals surface area contributed by atoms with Crippen LogP contribution in [-0.4, -0.2) is 5.11 Å². The lowest BCUT2D eigenvalue weighted by Gasteiger charge is -2.10. The lowest BCUT2D eigenvalue weighted by Crippen LogP contribution is -1.94. The largest absolute Gasteiger partial charge is 0.508 e. The highest BCUT2D eigenvalue weighted by atomic mass is 19.1. The number of halogens is 1. The van der Waals surface area contributed by atoms with Crippen LogP contribution in [0.2, 0.25) is 0 Å². The number of phenols is 1. The van der Waals surface area contributed by atoms with E-state index in [0.29, 0.717) is 11.7 Å². The maximum Gasteiger partial charge on any atom is 0.123 e. The second-order valence-corrected chi connectivity index (χ2v) is 4.86. The van der Waals surface area contributed by atoms with E-state index in [1.54, 1.807) is 18.2 Å². The minimum atomic E-state index is -0.238. The fraction of sp³-hybridized carbons (Fsp3) is 0.333. The predicted molar refractivity (Wildman–Crippen MR) is 68.7 cm³/mol. The molecule has 0 saturated heterocycles. The molecule has 0 unspecified atom stereocenters. The molecule has 90 valence electrons. The highest BCUT2D eigenvalue weighted by molar-refractivity contribution is 5.87. The molecule has 0 aliphatic carbocycles. The molecule has 17 heavy (non-hydrogen) atoms. The molecule has 0 amide bonds. The van der Waals surface area contributed by atoms with E-state index in [4.69, 9.17) is 0 Å². The number of aryl methyl sites for hydroxylation is 1. The molecule has 0 aliphatic rings. The molecule has 0 radical (unpaired) electrons. The van der Waals surface area contributed by atoms with Gasteiger partial charge < -0.3 is 5.11 Å². The summed E-state index contributed by atoms with van der Waals surface area (Å²) < 4.78 is 13.1. The second kappa shape index (κ2) is 4.74. The second-order valence-electron chi connectivity index (χ2n) is 4.86. The maximum absolute atomic E-state index is 13.1. The smallest absolute Gasteiger partial charge is 0.123 e. The molecule has 2 heteroatoms. The number of benzene rings is 2. The molecular weight excluding hydrogens is 215 g/mol. The molecule has 0 spiro atoms. The Bertz CT molecular complexity index is 532. The van der Waals surface area contributed by atoms with Gasteiger partial charge in [-0.05, 0) is 47.7 Å². The molecule has 0 bridgehead atoms. The monoisotopic (exact) mass is 232 g/mol. The van der Waals surface area contributed by atoms with Crippen molar-refractivity contribution >= 4 is 10.8 Å². The first kappa shape index (κ1) is 11.9. The summed E-state index contributed by atoms with van der Waals surface area (Å²) in [6.45, 7) is 4.31. The van der Waals surface area contributed by atoms with Crippen molar-refractivity contribution in [2.45, 2.75) is 26.7 Å². The molecule has 0 aliphatic heterocycles. The summed E-state index contributed by atoms with van der Waals surface area (Å²) in [5.41, 5.74) is 0.927. The third kappa shape index (κ3) is 2.57. The van der Waals surface area contributed by atoms with E-state index in [-0.39, 0.29) is 5.82 Å². The molecule has 2 aromatic carbocycles. The van der Waals surface area contributed by atoms with Gasteiger partial charge in [-0.15, -0.1) is 0 Å². The summed E-state index contributed by atoms with van der Waals surface area (Å²) in [5.74, 6) is 0.660. The Hall–Kier alpha value is -1.57. The SMILES string of the molecule is CC(C)CCc1c(O)ccc2cc(F)ccc12. The summed E-state index contributed by atoms with van der Waals surface area (Å²) in [6, 6.07) is 8.11. The van der Waals surface area contributed by atoms with Crippen molar-refractivity contribution in [2.24, 2.45) is 5.92 Å². The Balaban J connectivity index is 2.48. The topological polar surface area (TPSA) is 20.2 Å². The minimum absolute atomic E-state index is 0.238. The normalized spacial score (nSPS) is 11.3. The molecule has 0 saturated carbocycles. The Morgan fingerprint density at radius 1 is 1.18 bits per heavy atom. The molecule has 1 nitrogen and oxygen atoms in total. The van der Waals surface area contributed by atoms with E-state index in [1.807, 2.05) is 0 Å². The van der Waals surface area contributed by atoms with Crippen molar-refractivity contribution in [1.82, 2.24) is 0 Å². The maximum atomic E-state index is 13.1. The third-order valence-corrected chi connectivity index (χ3v) is 3.04. The highest BCUT2D eigenvalue weighted by Gasteiger charge is 2.08. The summed E-state index contributed by atoms with van der Waals surface area (Å²) in [7, 11) is 0.